The quantitative estimate of drug-likeness (QED) is 0.0726. The van der Waals surface area contributed by atoms with Crippen molar-refractivity contribution in [3.05, 3.63) is 193 Å². The van der Waals surface area contributed by atoms with Crippen LogP contribution < -0.4 is 10.4 Å². The smallest absolute Gasteiger partial charge is 0.339 e. The molecule has 0 radical (unpaired) electrons. The topological polar surface area (TPSA) is 122 Å². The predicted molar refractivity (Wildman–Crippen MR) is 272 cm³/mol. The Hall–Kier alpha value is -6.29. The normalized spacial score (nSPS) is 23.0. The molecule has 3 aliphatic heterocycles. The zero-order valence-electron chi connectivity index (χ0n) is 41.0. The van der Waals surface area contributed by atoms with E-state index in [-0.39, 0.29) is 43.0 Å². The van der Waals surface area contributed by atoms with Crippen molar-refractivity contribution in [2.45, 2.75) is 127 Å². The number of benzene rings is 5. The van der Waals surface area contributed by atoms with E-state index in [2.05, 4.69) is 84.9 Å². The van der Waals surface area contributed by atoms with Crippen LogP contribution in [0.1, 0.15) is 141 Å². The van der Waals surface area contributed by atoms with Crippen LogP contribution in [0.5, 0.6) is 5.75 Å². The summed E-state index contributed by atoms with van der Waals surface area (Å²) in [4.78, 5) is 44.0. The van der Waals surface area contributed by atoms with Crippen LogP contribution in [0.15, 0.2) is 148 Å². The van der Waals surface area contributed by atoms with Crippen LogP contribution in [-0.2, 0) is 43.1 Å². The number of hydrogen-bond acceptors (Lipinski definition) is 9. The summed E-state index contributed by atoms with van der Waals surface area (Å²) in [5, 5.41) is 10.5. The molecule has 4 heterocycles. The third-order valence-corrected chi connectivity index (χ3v) is 15.2. The fourth-order valence-electron chi connectivity index (χ4n) is 11.5. The van der Waals surface area contributed by atoms with E-state index in [9.17, 15) is 14.7 Å². The number of esters is 2. The maximum absolute atomic E-state index is 15.2. The summed E-state index contributed by atoms with van der Waals surface area (Å²) in [6, 6.07) is 43.8. The number of carbonyl (C=O) groups is 2. The van der Waals surface area contributed by atoms with Gasteiger partial charge in [0.05, 0.1) is 12.2 Å². The summed E-state index contributed by atoms with van der Waals surface area (Å²) < 4.78 is 32.4. The number of methoxy groups -OCH3 is 1. The molecule has 4 aliphatic rings. The molecule has 5 aromatic carbocycles. The lowest BCUT2D eigenvalue weighted by Crippen LogP contribution is -2.54. The van der Waals surface area contributed by atoms with Crippen LogP contribution in [0, 0.1) is 5.92 Å². The Balaban J connectivity index is 1.13. The highest BCUT2D eigenvalue weighted by atomic mass is 16.6. The first-order valence-corrected chi connectivity index (χ1v) is 25.2. The van der Waals surface area contributed by atoms with E-state index in [0.29, 0.717) is 59.9 Å². The molecule has 70 heavy (non-hydrogen) atoms. The third kappa shape index (κ3) is 10.9. The van der Waals surface area contributed by atoms with Gasteiger partial charge in [0.2, 0.25) is 0 Å². The van der Waals surface area contributed by atoms with Gasteiger partial charge in [-0.05, 0) is 154 Å². The summed E-state index contributed by atoms with van der Waals surface area (Å²) in [7, 11) is 1.56. The van der Waals surface area contributed by atoms with E-state index in [1.54, 1.807) is 13.2 Å². The number of aliphatic hydroxyl groups excluding tert-OH is 1. The second-order valence-electron chi connectivity index (χ2n) is 20.2. The number of rotatable bonds is 12. The molecule has 1 fully saturated rings. The highest BCUT2D eigenvalue weighted by molar-refractivity contribution is 5.90. The maximum Gasteiger partial charge on any atom is 0.339 e. The number of allylic oxidation sites excluding steroid dienone is 1. The molecule has 0 unspecified atom stereocenters. The Morgan fingerprint density at radius 3 is 2.27 bits per heavy atom. The van der Waals surface area contributed by atoms with Gasteiger partial charge in [0, 0.05) is 42.6 Å². The molecule has 364 valence electrons. The van der Waals surface area contributed by atoms with Crippen LogP contribution in [0.3, 0.4) is 0 Å². The molecule has 1 saturated carbocycles. The van der Waals surface area contributed by atoms with Crippen LogP contribution in [0.25, 0.3) is 11.0 Å². The second kappa shape index (κ2) is 21.8. The molecule has 1 N–H and O–H groups in total. The van der Waals surface area contributed by atoms with Gasteiger partial charge in [-0.25, -0.2) is 9.59 Å². The molecule has 0 spiro atoms. The van der Waals surface area contributed by atoms with E-state index in [4.69, 9.17) is 23.4 Å². The van der Waals surface area contributed by atoms with E-state index >= 15 is 4.79 Å². The minimum absolute atomic E-state index is 0.0603. The Kier molecular flexibility index (Phi) is 15.2. The molecular weight excluding hydrogens is 877 g/mol. The average Bonchev–Trinajstić information content (AvgIpc) is 3.35. The minimum Gasteiger partial charge on any atom is -0.483 e. The first-order valence-electron chi connectivity index (χ1n) is 25.2. The van der Waals surface area contributed by atoms with Crippen molar-refractivity contribution >= 4 is 22.9 Å². The summed E-state index contributed by atoms with van der Waals surface area (Å²) >= 11 is 0. The molecule has 0 saturated heterocycles. The number of ether oxygens (including phenoxy) is 4. The van der Waals surface area contributed by atoms with Gasteiger partial charge in [-0.2, -0.15) is 0 Å². The van der Waals surface area contributed by atoms with Crippen molar-refractivity contribution in [3.63, 3.8) is 0 Å². The van der Waals surface area contributed by atoms with Crippen LogP contribution in [-0.4, -0.2) is 49.1 Å². The van der Waals surface area contributed by atoms with Crippen molar-refractivity contribution < 1.29 is 38.1 Å². The predicted octanol–water partition coefficient (Wildman–Crippen LogP) is 12.2. The molecule has 2 bridgehead atoms. The van der Waals surface area contributed by atoms with Gasteiger partial charge >= 0.3 is 17.6 Å². The van der Waals surface area contributed by atoms with Crippen LogP contribution >= 0.6 is 0 Å². The lowest BCUT2D eigenvalue weighted by molar-refractivity contribution is -0.192. The Bertz CT molecular complexity index is 2860. The maximum atomic E-state index is 15.2. The fraction of sp³-hybridized carbons (Fsp3) is 0.393. The van der Waals surface area contributed by atoms with Gasteiger partial charge in [0.25, 0.3) is 0 Å². The molecule has 9 heteroatoms. The van der Waals surface area contributed by atoms with Crippen molar-refractivity contribution in [1.82, 2.24) is 0 Å². The van der Waals surface area contributed by atoms with Gasteiger partial charge in [-0.3, -0.25) is 4.79 Å². The van der Waals surface area contributed by atoms with Crippen molar-refractivity contribution in [2.24, 2.45) is 5.92 Å². The largest absolute Gasteiger partial charge is 0.483 e. The average molecular weight is 943 g/mol. The fourth-order valence-corrected chi connectivity index (χ4v) is 11.5. The molecule has 7 atom stereocenters. The summed E-state index contributed by atoms with van der Waals surface area (Å²) in [6.45, 7) is 5.85. The molecule has 9 nitrogen and oxygen atoms in total. The summed E-state index contributed by atoms with van der Waals surface area (Å²) in [5.74, 6) is -0.663. The minimum atomic E-state index is -1.19. The SMILES string of the molecule is COC[C@@H](CCO)c1cc2ccc3c(c2oc1=O)[C@H]1OC(=O)C[C@@H]2C[C@@H](c4cccc(Cc5ccccc5)c4)CC[C@@H]2c2ccc(cc2)CCC(=C(C)C)C(=O)O[C@@H]1[C@](C)(CCCc1ccccc1)O3. The Labute approximate surface area is 411 Å². The molecule has 6 aromatic rings. The van der Waals surface area contributed by atoms with E-state index < -0.39 is 41.3 Å². The molecule has 1 aliphatic carbocycles. The van der Waals surface area contributed by atoms with Gasteiger partial charge in [0.15, 0.2) is 12.2 Å². The molecular formula is C61H66O9. The number of carbonyl (C=O) groups excluding carboxylic acids is 2. The molecule has 1 aromatic heterocycles. The number of hydrogen-bond donors (Lipinski definition) is 1. The highest BCUT2D eigenvalue weighted by Crippen LogP contribution is 2.51. The third-order valence-electron chi connectivity index (χ3n) is 15.2. The monoisotopic (exact) mass is 942 g/mol. The number of fused-ring (bicyclic) bond motifs is 11. The van der Waals surface area contributed by atoms with Gasteiger partial charge in [-0.15, -0.1) is 0 Å². The summed E-state index contributed by atoms with van der Waals surface area (Å²) in [6.07, 6.45) is 4.63. The summed E-state index contributed by atoms with van der Waals surface area (Å²) in [5.41, 5.74) is 7.81. The van der Waals surface area contributed by atoms with Crippen LogP contribution in [0.4, 0.5) is 0 Å². The van der Waals surface area contributed by atoms with Crippen LogP contribution in [0.2, 0.25) is 0 Å². The molecule has 10 rings (SSSR count). The number of aliphatic hydroxyl groups is 1. The van der Waals surface area contributed by atoms with Gasteiger partial charge in [-0.1, -0.05) is 115 Å². The standard InChI is InChI=1S/C61H66O9/c1-39(2)50-27-22-41-20-23-44(24-21-41)51-28-25-46(45-19-11-17-43(34-45)33-42-15-9-6-10-16-42)35-49(51)37-54(63)67-57-55-53(29-26-47-36-52(60(65)68-56(47)55)48(30-32-62)38-66-4)70-61(3,58(57)69-59(50)64)31-12-18-40-13-7-5-8-14-40/h5-11,13-17,19-21,23-24,26,29,34,36,46,48-49,51,57-58,62H,12,18,22,25,27-28,30-33,35,37-38H2,1-4H3/t46-,48+,49-,51+,57+,58-,61-/m0/s1. The lowest BCUT2D eigenvalue weighted by atomic mass is 9.68. The van der Waals surface area contributed by atoms with Gasteiger partial charge in [0.1, 0.15) is 16.9 Å². The lowest BCUT2D eigenvalue weighted by Gasteiger charge is -2.45. The first kappa shape index (κ1) is 48.7. The van der Waals surface area contributed by atoms with Gasteiger partial charge < -0.3 is 28.5 Å². The Morgan fingerprint density at radius 2 is 1.54 bits per heavy atom. The second-order valence-corrected chi connectivity index (χ2v) is 20.2. The van der Waals surface area contributed by atoms with E-state index in [0.717, 1.165) is 43.2 Å². The zero-order chi connectivity index (χ0) is 48.8. The van der Waals surface area contributed by atoms with Crippen molar-refractivity contribution in [3.8, 4) is 5.75 Å². The van der Waals surface area contributed by atoms with E-state index in [1.807, 2.05) is 57.2 Å². The zero-order valence-corrected chi connectivity index (χ0v) is 41.0. The Morgan fingerprint density at radius 1 is 0.800 bits per heavy atom. The molecule has 0 amide bonds. The first-order chi connectivity index (χ1) is 34.0. The number of aryl methyl sites for hydroxylation is 2. The van der Waals surface area contributed by atoms with Crippen molar-refractivity contribution in [1.29, 1.82) is 0 Å². The highest BCUT2D eigenvalue weighted by Gasteiger charge is 2.53. The van der Waals surface area contributed by atoms with E-state index in [1.165, 1.54) is 27.8 Å². The van der Waals surface area contributed by atoms with Crippen molar-refractivity contribution in [2.75, 3.05) is 20.3 Å².